The number of carbonyl (C=O) groups is 3. The van der Waals surface area contributed by atoms with Gasteiger partial charge in [-0.25, -0.2) is 0 Å². The Hall–Kier alpha value is -1.63. The molecule has 7 heteroatoms. The maximum atomic E-state index is 12.7. The average molecular weight is 419 g/mol. The molecule has 4 fully saturated rings. The van der Waals surface area contributed by atoms with Crippen molar-refractivity contribution in [2.75, 3.05) is 58.9 Å². The summed E-state index contributed by atoms with van der Waals surface area (Å²) in [6.45, 7) is 7.31. The van der Waals surface area contributed by atoms with Gasteiger partial charge in [0.05, 0.1) is 12.5 Å². The van der Waals surface area contributed by atoms with Crippen molar-refractivity contribution in [2.45, 2.75) is 57.8 Å². The monoisotopic (exact) mass is 418 g/mol. The molecule has 4 aliphatic rings. The summed E-state index contributed by atoms with van der Waals surface area (Å²) < 4.78 is 0. The van der Waals surface area contributed by atoms with E-state index in [4.69, 9.17) is 0 Å². The first-order valence-electron chi connectivity index (χ1n) is 12.2. The van der Waals surface area contributed by atoms with Crippen LogP contribution in [-0.2, 0) is 14.4 Å². The van der Waals surface area contributed by atoms with Crippen molar-refractivity contribution in [1.29, 1.82) is 0 Å². The van der Waals surface area contributed by atoms with Crippen LogP contribution in [-0.4, -0.2) is 96.2 Å². The summed E-state index contributed by atoms with van der Waals surface area (Å²) in [6.07, 6.45) is 9.46. The first-order valence-corrected chi connectivity index (χ1v) is 12.2. The number of carbonyl (C=O) groups excluding carboxylic acids is 3. The summed E-state index contributed by atoms with van der Waals surface area (Å²) in [5.74, 6) is 0.871. The molecule has 0 radical (unpaired) electrons. The van der Waals surface area contributed by atoms with Crippen LogP contribution in [0.5, 0.6) is 0 Å². The topological polar surface area (TPSA) is 64.2 Å². The second-order valence-electron chi connectivity index (χ2n) is 9.75. The SMILES string of the molecule is O=C(CN1CCCCCC1)N1CCC(CN2CC(C(=O)N3CCCC3)CC2=O)CC1. The summed E-state index contributed by atoms with van der Waals surface area (Å²) in [5, 5.41) is 0. The van der Waals surface area contributed by atoms with E-state index in [-0.39, 0.29) is 23.6 Å². The molecule has 0 N–H and O–H groups in total. The molecule has 4 saturated heterocycles. The standard InChI is InChI=1S/C23H38N4O3/c28-21-15-20(23(30)26-11-5-6-12-26)17-27(21)16-19-7-13-25(14-8-19)22(29)18-24-9-3-1-2-4-10-24/h19-20H,1-18H2. The van der Waals surface area contributed by atoms with E-state index >= 15 is 0 Å². The minimum atomic E-state index is -0.147. The van der Waals surface area contributed by atoms with Crippen LogP contribution in [0.3, 0.4) is 0 Å². The van der Waals surface area contributed by atoms with Crippen LogP contribution in [0.25, 0.3) is 0 Å². The second kappa shape index (κ2) is 10.1. The highest BCUT2D eigenvalue weighted by molar-refractivity contribution is 5.89. The van der Waals surface area contributed by atoms with Crippen molar-refractivity contribution < 1.29 is 14.4 Å². The quantitative estimate of drug-likeness (QED) is 0.680. The molecule has 7 nitrogen and oxygen atoms in total. The van der Waals surface area contributed by atoms with Crippen LogP contribution in [0.2, 0.25) is 0 Å². The summed E-state index contributed by atoms with van der Waals surface area (Å²) in [4.78, 5) is 46.0. The smallest absolute Gasteiger partial charge is 0.236 e. The van der Waals surface area contributed by atoms with E-state index in [1.165, 1.54) is 25.7 Å². The van der Waals surface area contributed by atoms with Gasteiger partial charge in [-0.05, 0) is 57.5 Å². The van der Waals surface area contributed by atoms with Crippen molar-refractivity contribution in [3.63, 3.8) is 0 Å². The fourth-order valence-corrected chi connectivity index (χ4v) is 5.57. The van der Waals surface area contributed by atoms with Gasteiger partial charge in [-0.3, -0.25) is 19.3 Å². The molecule has 0 saturated carbocycles. The average Bonchev–Trinajstić information content (AvgIpc) is 3.33. The molecular weight excluding hydrogens is 380 g/mol. The largest absolute Gasteiger partial charge is 0.342 e. The Morgan fingerprint density at radius 2 is 1.43 bits per heavy atom. The Kier molecular flexibility index (Phi) is 7.28. The third kappa shape index (κ3) is 5.34. The van der Waals surface area contributed by atoms with E-state index in [1.54, 1.807) is 0 Å². The molecule has 1 unspecified atom stereocenters. The molecule has 3 amide bonds. The van der Waals surface area contributed by atoms with Crippen molar-refractivity contribution >= 4 is 17.7 Å². The molecule has 168 valence electrons. The number of hydrogen-bond acceptors (Lipinski definition) is 4. The first kappa shape index (κ1) is 21.6. The number of amides is 3. The van der Waals surface area contributed by atoms with Crippen molar-refractivity contribution in [3.05, 3.63) is 0 Å². The van der Waals surface area contributed by atoms with Gasteiger partial charge >= 0.3 is 0 Å². The van der Waals surface area contributed by atoms with Gasteiger partial charge < -0.3 is 14.7 Å². The molecule has 30 heavy (non-hydrogen) atoms. The van der Waals surface area contributed by atoms with Crippen LogP contribution in [0.1, 0.15) is 57.8 Å². The fourth-order valence-electron chi connectivity index (χ4n) is 5.57. The number of likely N-dealkylation sites (tertiary alicyclic amines) is 4. The Bertz CT molecular complexity index is 618. The lowest BCUT2D eigenvalue weighted by molar-refractivity contribution is -0.135. The third-order valence-corrected chi connectivity index (χ3v) is 7.48. The van der Waals surface area contributed by atoms with Crippen LogP contribution in [0.15, 0.2) is 0 Å². The number of nitrogens with zero attached hydrogens (tertiary/aromatic N) is 4. The van der Waals surface area contributed by atoms with Crippen LogP contribution in [0, 0.1) is 11.8 Å². The molecule has 4 aliphatic heterocycles. The fraction of sp³-hybridized carbons (Fsp3) is 0.870. The molecular formula is C23H38N4O3. The predicted octanol–water partition coefficient (Wildman–Crippen LogP) is 1.57. The molecule has 0 aromatic carbocycles. The summed E-state index contributed by atoms with van der Waals surface area (Å²) in [5.41, 5.74) is 0. The Morgan fingerprint density at radius 1 is 0.800 bits per heavy atom. The van der Waals surface area contributed by atoms with Crippen molar-refractivity contribution in [1.82, 2.24) is 19.6 Å². The zero-order chi connectivity index (χ0) is 20.9. The Morgan fingerprint density at radius 3 is 2.10 bits per heavy atom. The highest BCUT2D eigenvalue weighted by Gasteiger charge is 2.38. The summed E-state index contributed by atoms with van der Waals surface area (Å²) >= 11 is 0. The number of rotatable bonds is 5. The van der Waals surface area contributed by atoms with Crippen molar-refractivity contribution in [3.8, 4) is 0 Å². The summed E-state index contributed by atoms with van der Waals surface area (Å²) in [6, 6.07) is 0. The lowest BCUT2D eigenvalue weighted by Crippen LogP contribution is -2.46. The van der Waals surface area contributed by atoms with Crippen molar-refractivity contribution in [2.24, 2.45) is 11.8 Å². The van der Waals surface area contributed by atoms with Gasteiger partial charge in [0.25, 0.3) is 0 Å². The molecule has 0 spiro atoms. The van der Waals surface area contributed by atoms with Gasteiger partial charge in [-0.1, -0.05) is 12.8 Å². The lowest BCUT2D eigenvalue weighted by Gasteiger charge is -2.35. The molecule has 1 atom stereocenters. The van der Waals surface area contributed by atoms with Gasteiger partial charge in [0.2, 0.25) is 17.7 Å². The van der Waals surface area contributed by atoms with Gasteiger partial charge in [-0.2, -0.15) is 0 Å². The maximum Gasteiger partial charge on any atom is 0.236 e. The predicted molar refractivity (Wildman–Crippen MR) is 115 cm³/mol. The van der Waals surface area contributed by atoms with E-state index in [9.17, 15) is 14.4 Å². The zero-order valence-electron chi connectivity index (χ0n) is 18.4. The molecule has 4 heterocycles. The molecule has 4 rings (SSSR count). The van der Waals surface area contributed by atoms with Crippen LogP contribution in [0.4, 0.5) is 0 Å². The van der Waals surface area contributed by atoms with Crippen LogP contribution < -0.4 is 0 Å². The van der Waals surface area contributed by atoms with Gasteiger partial charge in [0.1, 0.15) is 0 Å². The normalized spacial score (nSPS) is 27.0. The minimum Gasteiger partial charge on any atom is -0.342 e. The van der Waals surface area contributed by atoms with Gasteiger partial charge in [0.15, 0.2) is 0 Å². The van der Waals surface area contributed by atoms with E-state index in [0.29, 0.717) is 25.4 Å². The molecule has 0 bridgehead atoms. The molecule has 0 aliphatic carbocycles. The van der Waals surface area contributed by atoms with E-state index in [1.807, 2.05) is 14.7 Å². The first-order chi connectivity index (χ1) is 14.6. The highest BCUT2D eigenvalue weighted by atomic mass is 16.2. The number of hydrogen-bond donors (Lipinski definition) is 0. The number of piperidine rings is 1. The van der Waals surface area contributed by atoms with Gasteiger partial charge in [0, 0.05) is 45.7 Å². The van der Waals surface area contributed by atoms with E-state index in [0.717, 1.165) is 71.5 Å². The van der Waals surface area contributed by atoms with E-state index in [2.05, 4.69) is 4.90 Å². The Balaban J connectivity index is 1.19. The molecule has 0 aromatic rings. The maximum absolute atomic E-state index is 12.7. The highest BCUT2D eigenvalue weighted by Crippen LogP contribution is 2.26. The lowest BCUT2D eigenvalue weighted by atomic mass is 9.96. The second-order valence-corrected chi connectivity index (χ2v) is 9.75. The zero-order valence-corrected chi connectivity index (χ0v) is 18.4. The third-order valence-electron chi connectivity index (χ3n) is 7.48. The Labute approximate surface area is 180 Å². The summed E-state index contributed by atoms with van der Waals surface area (Å²) in [7, 11) is 0. The van der Waals surface area contributed by atoms with Gasteiger partial charge in [-0.15, -0.1) is 0 Å². The van der Waals surface area contributed by atoms with Crippen LogP contribution >= 0.6 is 0 Å². The molecule has 0 aromatic heterocycles. The van der Waals surface area contributed by atoms with E-state index < -0.39 is 0 Å². The minimum absolute atomic E-state index is 0.132.